The molecule has 5 nitrogen and oxygen atoms in total. The third-order valence-electron chi connectivity index (χ3n) is 3.78. The number of primary amides is 1. The highest BCUT2D eigenvalue weighted by Gasteiger charge is 2.47. The topological polar surface area (TPSA) is 73.6 Å². The summed E-state index contributed by atoms with van der Waals surface area (Å²) in [6, 6.07) is 0.486. The van der Waals surface area contributed by atoms with Crippen molar-refractivity contribution < 1.29 is 14.3 Å². The van der Waals surface area contributed by atoms with Crippen LogP contribution in [0.15, 0.2) is 0 Å². The minimum absolute atomic E-state index is 0.129. The van der Waals surface area contributed by atoms with Gasteiger partial charge in [-0.25, -0.2) is 0 Å². The quantitative estimate of drug-likeness (QED) is 0.623. The van der Waals surface area contributed by atoms with Crippen molar-refractivity contribution >= 4 is 5.91 Å². The molecule has 2 rings (SSSR count). The minimum atomic E-state index is -0.530. The van der Waals surface area contributed by atoms with E-state index in [9.17, 15) is 4.79 Å². The smallest absolute Gasteiger partial charge is 0.237 e. The lowest BCUT2D eigenvalue weighted by molar-refractivity contribution is -0.124. The molecule has 0 saturated heterocycles. The first kappa shape index (κ1) is 13.8. The van der Waals surface area contributed by atoms with Gasteiger partial charge in [0.05, 0.1) is 19.3 Å². The summed E-state index contributed by atoms with van der Waals surface area (Å²) in [7, 11) is 0. The van der Waals surface area contributed by atoms with Crippen molar-refractivity contribution in [2.75, 3.05) is 19.8 Å². The number of rotatable bonds is 8. The second kappa shape index (κ2) is 5.99. The zero-order chi connectivity index (χ0) is 13.0. The molecule has 2 fully saturated rings. The monoisotopic (exact) mass is 256 g/mol. The van der Waals surface area contributed by atoms with Gasteiger partial charge in [-0.1, -0.05) is 0 Å². The molecule has 0 aromatic carbocycles. The zero-order valence-corrected chi connectivity index (χ0v) is 11.1. The van der Waals surface area contributed by atoms with Gasteiger partial charge in [0, 0.05) is 19.1 Å². The second-order valence-corrected chi connectivity index (χ2v) is 5.30. The van der Waals surface area contributed by atoms with E-state index in [2.05, 4.69) is 5.32 Å². The number of carbonyl (C=O) groups is 1. The Balaban J connectivity index is 1.78. The summed E-state index contributed by atoms with van der Waals surface area (Å²) < 4.78 is 11.0. The molecule has 0 radical (unpaired) electrons. The summed E-state index contributed by atoms with van der Waals surface area (Å²) in [5.41, 5.74) is 5.04. The lowest BCUT2D eigenvalue weighted by Crippen LogP contribution is -2.54. The molecule has 104 valence electrons. The minimum Gasteiger partial charge on any atom is -0.379 e. The molecule has 0 heterocycles. The average molecular weight is 256 g/mol. The van der Waals surface area contributed by atoms with Crippen LogP contribution in [0.2, 0.25) is 0 Å². The standard InChI is InChI=1S/C13H24N2O3/c1-2-17-7-8-18-11-5-6-13(9-11,12(14)16)15-10-3-4-10/h10-11,15H,2-9H2,1H3,(H2,14,16). The SMILES string of the molecule is CCOCCOC1CCC(NC2CC2)(C(N)=O)C1. The van der Waals surface area contributed by atoms with Crippen molar-refractivity contribution in [3.8, 4) is 0 Å². The fraction of sp³-hybridized carbons (Fsp3) is 0.923. The maximum absolute atomic E-state index is 11.7. The van der Waals surface area contributed by atoms with E-state index < -0.39 is 5.54 Å². The van der Waals surface area contributed by atoms with E-state index in [1.54, 1.807) is 0 Å². The molecular formula is C13H24N2O3. The molecule has 5 heteroatoms. The van der Waals surface area contributed by atoms with E-state index in [0.29, 0.717) is 32.3 Å². The predicted octanol–water partition coefficient (Wildman–Crippen LogP) is 0.568. The van der Waals surface area contributed by atoms with Crippen LogP contribution in [-0.2, 0) is 14.3 Å². The normalized spacial score (nSPS) is 31.7. The van der Waals surface area contributed by atoms with Crippen molar-refractivity contribution in [3.63, 3.8) is 0 Å². The van der Waals surface area contributed by atoms with E-state index in [0.717, 1.165) is 25.7 Å². The van der Waals surface area contributed by atoms with E-state index in [1.165, 1.54) is 0 Å². The molecule has 2 atom stereocenters. The van der Waals surface area contributed by atoms with Gasteiger partial charge in [0.2, 0.25) is 5.91 Å². The van der Waals surface area contributed by atoms with Crippen molar-refractivity contribution in [1.82, 2.24) is 5.32 Å². The first-order valence-corrected chi connectivity index (χ1v) is 6.93. The molecule has 0 aromatic rings. The molecule has 2 unspecified atom stereocenters. The van der Waals surface area contributed by atoms with Crippen LogP contribution in [0, 0.1) is 0 Å². The van der Waals surface area contributed by atoms with Crippen LogP contribution < -0.4 is 11.1 Å². The summed E-state index contributed by atoms with van der Waals surface area (Å²) >= 11 is 0. The van der Waals surface area contributed by atoms with Crippen LogP contribution in [0.5, 0.6) is 0 Å². The number of hydrogen-bond acceptors (Lipinski definition) is 4. The van der Waals surface area contributed by atoms with Crippen LogP contribution in [0.3, 0.4) is 0 Å². The molecule has 2 aliphatic rings. The Morgan fingerprint density at radius 1 is 1.39 bits per heavy atom. The maximum Gasteiger partial charge on any atom is 0.237 e. The van der Waals surface area contributed by atoms with Crippen LogP contribution in [0.1, 0.15) is 39.0 Å². The van der Waals surface area contributed by atoms with Crippen LogP contribution in [0.25, 0.3) is 0 Å². The van der Waals surface area contributed by atoms with Gasteiger partial charge < -0.3 is 20.5 Å². The first-order valence-electron chi connectivity index (χ1n) is 6.93. The summed E-state index contributed by atoms with van der Waals surface area (Å²) in [5, 5.41) is 3.41. The Morgan fingerprint density at radius 3 is 2.78 bits per heavy atom. The lowest BCUT2D eigenvalue weighted by Gasteiger charge is -2.27. The Bertz CT molecular complexity index is 294. The molecule has 1 amide bonds. The highest BCUT2D eigenvalue weighted by Crippen LogP contribution is 2.35. The summed E-state index contributed by atoms with van der Waals surface area (Å²) in [6.07, 6.45) is 4.83. The molecule has 0 bridgehead atoms. The molecule has 18 heavy (non-hydrogen) atoms. The Kier molecular flexibility index (Phi) is 4.59. The summed E-state index contributed by atoms with van der Waals surface area (Å²) in [4.78, 5) is 11.7. The third kappa shape index (κ3) is 3.43. The van der Waals surface area contributed by atoms with Gasteiger partial charge in [0.1, 0.15) is 5.54 Å². The van der Waals surface area contributed by atoms with Crippen molar-refractivity contribution in [3.05, 3.63) is 0 Å². The average Bonchev–Trinajstić information content (AvgIpc) is 3.04. The number of nitrogens with two attached hydrogens (primary N) is 1. The van der Waals surface area contributed by atoms with E-state index in [4.69, 9.17) is 15.2 Å². The molecular weight excluding hydrogens is 232 g/mol. The van der Waals surface area contributed by atoms with Crippen LogP contribution in [0.4, 0.5) is 0 Å². The molecule has 0 spiro atoms. The lowest BCUT2D eigenvalue weighted by atomic mass is 9.96. The van der Waals surface area contributed by atoms with Gasteiger partial charge in [-0.05, 0) is 32.6 Å². The molecule has 2 aliphatic carbocycles. The number of hydrogen-bond donors (Lipinski definition) is 2. The first-order chi connectivity index (χ1) is 8.66. The number of carbonyl (C=O) groups excluding carboxylic acids is 1. The van der Waals surface area contributed by atoms with Gasteiger partial charge >= 0.3 is 0 Å². The van der Waals surface area contributed by atoms with Crippen molar-refractivity contribution in [2.45, 2.75) is 56.7 Å². The highest BCUT2D eigenvalue weighted by atomic mass is 16.5. The number of amides is 1. The van der Waals surface area contributed by atoms with Gasteiger partial charge in [0.15, 0.2) is 0 Å². The van der Waals surface area contributed by atoms with E-state index >= 15 is 0 Å². The van der Waals surface area contributed by atoms with Gasteiger partial charge in [-0.15, -0.1) is 0 Å². The van der Waals surface area contributed by atoms with Crippen LogP contribution in [-0.4, -0.2) is 43.4 Å². The molecule has 3 N–H and O–H groups in total. The Labute approximate surface area is 108 Å². The summed E-state index contributed by atoms with van der Waals surface area (Å²) in [5.74, 6) is -0.231. The largest absolute Gasteiger partial charge is 0.379 e. The molecule has 2 saturated carbocycles. The summed E-state index contributed by atoms with van der Waals surface area (Å²) in [6.45, 7) is 3.89. The van der Waals surface area contributed by atoms with E-state index in [-0.39, 0.29) is 12.0 Å². The fourth-order valence-corrected chi connectivity index (χ4v) is 2.60. The maximum atomic E-state index is 11.7. The van der Waals surface area contributed by atoms with Crippen molar-refractivity contribution in [1.29, 1.82) is 0 Å². The molecule has 0 aromatic heterocycles. The van der Waals surface area contributed by atoms with Crippen LogP contribution >= 0.6 is 0 Å². The second-order valence-electron chi connectivity index (χ2n) is 5.30. The zero-order valence-electron chi connectivity index (χ0n) is 11.1. The fourth-order valence-electron chi connectivity index (χ4n) is 2.60. The number of ether oxygens (including phenoxy) is 2. The predicted molar refractivity (Wildman–Crippen MR) is 68.2 cm³/mol. The van der Waals surface area contributed by atoms with E-state index in [1.807, 2.05) is 6.92 Å². The number of nitrogens with one attached hydrogen (secondary N) is 1. The molecule has 0 aliphatic heterocycles. The van der Waals surface area contributed by atoms with Gasteiger partial charge in [-0.3, -0.25) is 4.79 Å². The van der Waals surface area contributed by atoms with Gasteiger partial charge in [-0.2, -0.15) is 0 Å². The Morgan fingerprint density at radius 2 is 2.17 bits per heavy atom. The van der Waals surface area contributed by atoms with Gasteiger partial charge in [0.25, 0.3) is 0 Å². The highest BCUT2D eigenvalue weighted by molar-refractivity contribution is 5.85. The van der Waals surface area contributed by atoms with Crippen molar-refractivity contribution in [2.24, 2.45) is 5.73 Å². The Hall–Kier alpha value is -0.650. The third-order valence-corrected chi connectivity index (χ3v) is 3.78.